The number of nitrogens with two attached hydrogens (primary N) is 1. The van der Waals surface area contributed by atoms with E-state index in [1.165, 1.54) is 0 Å². The van der Waals surface area contributed by atoms with Crippen LogP contribution < -0.4 is 15.4 Å². The Bertz CT molecular complexity index is 610. The maximum atomic E-state index is 5.71. The molecule has 3 rings (SSSR count). The predicted octanol–water partition coefficient (Wildman–Crippen LogP) is -0.147. The molecule has 106 valence electrons. The van der Waals surface area contributed by atoms with Crippen molar-refractivity contribution in [2.24, 2.45) is 0 Å². The highest BCUT2D eigenvalue weighted by Crippen LogP contribution is 2.18. The molecule has 0 fully saturated rings. The van der Waals surface area contributed by atoms with E-state index < -0.39 is 0 Å². The first-order valence-electron chi connectivity index (χ1n) is 6.41. The molecule has 2 aromatic heterocycles. The number of anilines is 2. The molecule has 1 aliphatic heterocycles. The summed E-state index contributed by atoms with van der Waals surface area (Å²) in [6, 6.07) is 0.245. The lowest BCUT2D eigenvalue weighted by Gasteiger charge is -2.27. The van der Waals surface area contributed by atoms with E-state index >= 15 is 0 Å². The van der Waals surface area contributed by atoms with Crippen LogP contribution in [0, 0.1) is 0 Å². The number of ether oxygens (including phenoxy) is 1. The second kappa shape index (κ2) is 4.91. The zero-order valence-electron chi connectivity index (χ0n) is 11.4. The van der Waals surface area contributed by atoms with Gasteiger partial charge in [-0.05, 0) is 13.8 Å². The summed E-state index contributed by atoms with van der Waals surface area (Å²) in [6.45, 7) is 5.94. The van der Waals surface area contributed by atoms with Crippen molar-refractivity contribution in [3.63, 3.8) is 0 Å². The summed E-state index contributed by atoms with van der Waals surface area (Å²) in [6.07, 6.45) is 1.70. The van der Waals surface area contributed by atoms with Gasteiger partial charge in [0.1, 0.15) is 6.33 Å². The minimum atomic E-state index is -0.0193. The highest BCUT2D eigenvalue weighted by atomic mass is 16.5. The number of nitrogen functional groups attached to an aromatic ring is 1. The van der Waals surface area contributed by atoms with Gasteiger partial charge in [0.25, 0.3) is 0 Å². The van der Waals surface area contributed by atoms with E-state index in [1.54, 1.807) is 6.33 Å². The lowest BCUT2D eigenvalue weighted by atomic mass is 10.4. The minimum absolute atomic E-state index is 0.0193. The Labute approximate surface area is 115 Å². The van der Waals surface area contributed by atoms with Crippen molar-refractivity contribution in [3.05, 3.63) is 12.2 Å². The summed E-state index contributed by atoms with van der Waals surface area (Å²) in [4.78, 5) is 14.4. The molecule has 9 heteroatoms. The largest absolute Gasteiger partial charge is 0.461 e. The highest BCUT2D eigenvalue weighted by molar-refractivity contribution is 5.36. The van der Waals surface area contributed by atoms with E-state index in [-0.39, 0.29) is 18.1 Å². The molecule has 0 amide bonds. The normalized spacial score (nSPS) is 14.4. The third-order valence-corrected chi connectivity index (χ3v) is 2.88. The molecule has 0 saturated carbocycles. The number of aromatic nitrogens is 6. The van der Waals surface area contributed by atoms with Crippen LogP contribution >= 0.6 is 0 Å². The second-order valence-electron chi connectivity index (χ2n) is 4.80. The number of hydrogen-bond acceptors (Lipinski definition) is 8. The average Bonchev–Trinajstić information content (AvgIpc) is 2.84. The molecule has 20 heavy (non-hydrogen) atoms. The minimum Gasteiger partial charge on any atom is -0.461 e. The van der Waals surface area contributed by atoms with Gasteiger partial charge in [-0.15, -0.1) is 10.2 Å². The summed E-state index contributed by atoms with van der Waals surface area (Å²) in [7, 11) is 0. The Morgan fingerprint density at radius 3 is 2.90 bits per heavy atom. The van der Waals surface area contributed by atoms with Gasteiger partial charge in [0, 0.05) is 13.1 Å². The molecule has 9 nitrogen and oxygen atoms in total. The van der Waals surface area contributed by atoms with Crippen LogP contribution in [0.2, 0.25) is 0 Å². The quantitative estimate of drug-likeness (QED) is 0.824. The first kappa shape index (κ1) is 12.6. The van der Waals surface area contributed by atoms with Crippen LogP contribution in [0.1, 0.15) is 19.7 Å². The summed E-state index contributed by atoms with van der Waals surface area (Å²) < 4.78 is 7.49. The SMILES string of the molecule is CC(C)Oc1nc(N)nc(N2CCn3cnnc3C2)n1. The van der Waals surface area contributed by atoms with Crippen LogP contribution in [0.3, 0.4) is 0 Å². The molecule has 0 radical (unpaired) electrons. The van der Waals surface area contributed by atoms with Gasteiger partial charge in [0.2, 0.25) is 11.9 Å². The molecule has 0 unspecified atom stereocenters. The summed E-state index contributed by atoms with van der Waals surface area (Å²) in [5.74, 6) is 1.53. The smallest absolute Gasteiger partial charge is 0.323 e. The number of nitrogens with zero attached hydrogens (tertiary/aromatic N) is 7. The van der Waals surface area contributed by atoms with Crippen molar-refractivity contribution in [3.8, 4) is 6.01 Å². The van der Waals surface area contributed by atoms with Gasteiger partial charge in [-0.1, -0.05) is 0 Å². The number of fused-ring (bicyclic) bond motifs is 1. The van der Waals surface area contributed by atoms with Gasteiger partial charge in [-0.25, -0.2) is 0 Å². The summed E-state index contributed by atoms with van der Waals surface area (Å²) in [5.41, 5.74) is 5.71. The monoisotopic (exact) mass is 276 g/mol. The molecule has 3 heterocycles. The molecule has 0 aromatic carbocycles. The Morgan fingerprint density at radius 2 is 2.10 bits per heavy atom. The number of rotatable bonds is 3. The van der Waals surface area contributed by atoms with Crippen molar-refractivity contribution < 1.29 is 4.74 Å². The maximum absolute atomic E-state index is 5.71. The van der Waals surface area contributed by atoms with E-state index in [9.17, 15) is 0 Å². The zero-order valence-corrected chi connectivity index (χ0v) is 11.4. The fourth-order valence-electron chi connectivity index (χ4n) is 2.00. The molecular formula is C11H16N8O. The molecule has 0 spiro atoms. The van der Waals surface area contributed by atoms with Gasteiger partial charge >= 0.3 is 6.01 Å². The molecule has 1 aliphatic rings. The van der Waals surface area contributed by atoms with Crippen LogP contribution in [-0.4, -0.2) is 42.4 Å². The molecule has 0 atom stereocenters. The van der Waals surface area contributed by atoms with Gasteiger partial charge in [-0.3, -0.25) is 0 Å². The highest BCUT2D eigenvalue weighted by Gasteiger charge is 2.21. The molecule has 0 aliphatic carbocycles. The van der Waals surface area contributed by atoms with Crippen LogP contribution in [-0.2, 0) is 13.1 Å². The topological polar surface area (TPSA) is 108 Å². The fourth-order valence-corrected chi connectivity index (χ4v) is 2.00. The Balaban J connectivity index is 1.85. The zero-order chi connectivity index (χ0) is 14.1. The predicted molar refractivity (Wildman–Crippen MR) is 71.1 cm³/mol. The van der Waals surface area contributed by atoms with E-state index in [0.29, 0.717) is 12.5 Å². The average molecular weight is 276 g/mol. The number of hydrogen-bond donors (Lipinski definition) is 1. The van der Waals surface area contributed by atoms with Crippen LogP contribution in [0.4, 0.5) is 11.9 Å². The van der Waals surface area contributed by atoms with E-state index in [0.717, 1.165) is 18.9 Å². The van der Waals surface area contributed by atoms with E-state index in [2.05, 4.69) is 25.1 Å². The van der Waals surface area contributed by atoms with E-state index in [1.807, 2.05) is 23.3 Å². The molecule has 2 N–H and O–H groups in total. The van der Waals surface area contributed by atoms with Gasteiger partial charge in [0.05, 0.1) is 12.6 Å². The Hall–Kier alpha value is -2.45. The lowest BCUT2D eigenvalue weighted by molar-refractivity contribution is 0.222. The van der Waals surface area contributed by atoms with Crippen LogP contribution in [0.25, 0.3) is 0 Å². The van der Waals surface area contributed by atoms with Crippen molar-refractivity contribution in [2.45, 2.75) is 33.0 Å². The first-order valence-corrected chi connectivity index (χ1v) is 6.41. The molecular weight excluding hydrogens is 260 g/mol. The van der Waals surface area contributed by atoms with Crippen molar-refractivity contribution >= 4 is 11.9 Å². The standard InChI is InChI=1S/C11H16N8O/c1-7(2)20-11-15-9(12)14-10(16-11)18-3-4-19-6-13-17-8(19)5-18/h6-7H,3-5H2,1-2H3,(H2,12,14,15,16). The Morgan fingerprint density at radius 1 is 1.25 bits per heavy atom. The van der Waals surface area contributed by atoms with Crippen LogP contribution in [0.5, 0.6) is 6.01 Å². The van der Waals surface area contributed by atoms with Crippen molar-refractivity contribution in [1.29, 1.82) is 0 Å². The fraction of sp³-hybridized carbons (Fsp3) is 0.545. The third-order valence-electron chi connectivity index (χ3n) is 2.88. The van der Waals surface area contributed by atoms with Gasteiger partial charge in [0.15, 0.2) is 5.82 Å². The third kappa shape index (κ3) is 2.46. The molecule has 0 saturated heterocycles. The van der Waals surface area contributed by atoms with Crippen LogP contribution in [0.15, 0.2) is 6.33 Å². The maximum Gasteiger partial charge on any atom is 0.323 e. The van der Waals surface area contributed by atoms with Crippen molar-refractivity contribution in [1.82, 2.24) is 29.7 Å². The Kier molecular flexibility index (Phi) is 3.09. The van der Waals surface area contributed by atoms with E-state index in [4.69, 9.17) is 10.5 Å². The lowest BCUT2D eigenvalue weighted by Crippen LogP contribution is -2.35. The van der Waals surface area contributed by atoms with Gasteiger partial charge < -0.3 is 19.9 Å². The first-order chi connectivity index (χ1) is 9.61. The summed E-state index contributed by atoms with van der Waals surface area (Å²) in [5, 5.41) is 7.95. The molecule has 0 bridgehead atoms. The van der Waals surface area contributed by atoms with Gasteiger partial charge in [-0.2, -0.15) is 15.0 Å². The summed E-state index contributed by atoms with van der Waals surface area (Å²) >= 11 is 0. The van der Waals surface area contributed by atoms with Crippen molar-refractivity contribution in [2.75, 3.05) is 17.2 Å². The molecule has 2 aromatic rings. The second-order valence-corrected chi connectivity index (χ2v) is 4.80.